The van der Waals surface area contributed by atoms with Crippen LogP contribution in [0.4, 0.5) is 5.69 Å². The van der Waals surface area contributed by atoms with Crippen molar-refractivity contribution >= 4 is 21.6 Å². The number of aromatic hydroxyl groups is 1. The van der Waals surface area contributed by atoms with Gasteiger partial charge in [-0.2, -0.15) is 0 Å². The number of anilines is 1. The van der Waals surface area contributed by atoms with Crippen molar-refractivity contribution in [2.24, 2.45) is 0 Å². The molecule has 1 heterocycles. The first-order chi connectivity index (χ1) is 7.16. The molecule has 15 heavy (non-hydrogen) atoms. The SMILES string of the molecule is Nc1cnc(-c2ccc(O)cc2)c(Br)c1. The Balaban J connectivity index is 2.49. The maximum Gasteiger partial charge on any atom is 0.115 e. The molecule has 0 fully saturated rings. The summed E-state index contributed by atoms with van der Waals surface area (Å²) in [4.78, 5) is 4.22. The first-order valence-electron chi connectivity index (χ1n) is 4.37. The quantitative estimate of drug-likeness (QED) is 0.833. The van der Waals surface area contributed by atoms with Gasteiger partial charge in [0.15, 0.2) is 0 Å². The summed E-state index contributed by atoms with van der Waals surface area (Å²) >= 11 is 3.40. The van der Waals surface area contributed by atoms with E-state index < -0.39 is 0 Å². The fourth-order valence-corrected chi connectivity index (χ4v) is 1.88. The molecule has 0 saturated carbocycles. The number of hydrogen-bond acceptors (Lipinski definition) is 3. The van der Waals surface area contributed by atoms with Crippen molar-refractivity contribution in [1.82, 2.24) is 4.98 Å². The second-order valence-electron chi connectivity index (χ2n) is 3.15. The molecule has 0 aliphatic rings. The first-order valence-corrected chi connectivity index (χ1v) is 5.16. The minimum absolute atomic E-state index is 0.241. The Morgan fingerprint density at radius 1 is 1.20 bits per heavy atom. The van der Waals surface area contributed by atoms with Crippen molar-refractivity contribution in [3.05, 3.63) is 41.0 Å². The highest BCUT2D eigenvalue weighted by Gasteiger charge is 2.04. The standard InChI is InChI=1S/C11H9BrN2O/c12-10-5-8(13)6-14-11(10)7-1-3-9(15)4-2-7/h1-6,15H,13H2. The van der Waals surface area contributed by atoms with Gasteiger partial charge < -0.3 is 10.8 Å². The second-order valence-corrected chi connectivity index (χ2v) is 4.00. The van der Waals surface area contributed by atoms with Gasteiger partial charge in [0.1, 0.15) is 5.75 Å². The Hall–Kier alpha value is -1.55. The van der Waals surface area contributed by atoms with E-state index in [2.05, 4.69) is 20.9 Å². The second kappa shape index (κ2) is 3.90. The van der Waals surface area contributed by atoms with Gasteiger partial charge in [-0.25, -0.2) is 0 Å². The number of halogens is 1. The lowest BCUT2D eigenvalue weighted by molar-refractivity contribution is 0.475. The third-order valence-corrected chi connectivity index (χ3v) is 2.61. The van der Waals surface area contributed by atoms with Gasteiger partial charge in [-0.05, 0) is 46.3 Å². The molecule has 0 spiro atoms. The van der Waals surface area contributed by atoms with Crippen LogP contribution in [0.2, 0.25) is 0 Å². The van der Waals surface area contributed by atoms with Gasteiger partial charge in [0, 0.05) is 10.0 Å². The molecule has 4 heteroatoms. The number of nitrogens with two attached hydrogens (primary N) is 1. The predicted octanol–water partition coefficient (Wildman–Crippen LogP) is 2.80. The predicted molar refractivity (Wildman–Crippen MR) is 63.5 cm³/mol. The summed E-state index contributed by atoms with van der Waals surface area (Å²) in [5.41, 5.74) is 7.95. The van der Waals surface area contributed by atoms with Crippen molar-refractivity contribution in [3.63, 3.8) is 0 Å². The average molecular weight is 265 g/mol. The molecule has 0 bridgehead atoms. The zero-order valence-electron chi connectivity index (χ0n) is 7.81. The van der Waals surface area contributed by atoms with Gasteiger partial charge in [0.25, 0.3) is 0 Å². The summed E-state index contributed by atoms with van der Waals surface area (Å²) in [7, 11) is 0. The summed E-state index contributed by atoms with van der Waals surface area (Å²) in [6.07, 6.45) is 1.60. The number of aromatic nitrogens is 1. The molecule has 3 N–H and O–H groups in total. The lowest BCUT2D eigenvalue weighted by Crippen LogP contribution is -1.90. The smallest absolute Gasteiger partial charge is 0.115 e. The largest absolute Gasteiger partial charge is 0.508 e. The normalized spacial score (nSPS) is 10.2. The molecule has 76 valence electrons. The summed E-state index contributed by atoms with van der Waals surface area (Å²) < 4.78 is 0.841. The highest BCUT2D eigenvalue weighted by Crippen LogP contribution is 2.28. The van der Waals surface area contributed by atoms with E-state index in [4.69, 9.17) is 10.8 Å². The Morgan fingerprint density at radius 3 is 2.47 bits per heavy atom. The molecule has 0 aliphatic heterocycles. The van der Waals surface area contributed by atoms with Gasteiger partial charge >= 0.3 is 0 Å². The van der Waals surface area contributed by atoms with Crippen LogP contribution < -0.4 is 5.73 Å². The van der Waals surface area contributed by atoms with Gasteiger partial charge in [-0.1, -0.05) is 0 Å². The monoisotopic (exact) mass is 264 g/mol. The van der Waals surface area contributed by atoms with E-state index in [1.165, 1.54) is 0 Å². The van der Waals surface area contributed by atoms with Gasteiger partial charge in [-0.15, -0.1) is 0 Å². The van der Waals surface area contributed by atoms with Crippen LogP contribution in [-0.2, 0) is 0 Å². The number of nitrogen functional groups attached to an aromatic ring is 1. The minimum Gasteiger partial charge on any atom is -0.508 e. The number of pyridine rings is 1. The third-order valence-electron chi connectivity index (χ3n) is 2.00. The fraction of sp³-hybridized carbons (Fsp3) is 0. The number of phenols is 1. The summed E-state index contributed by atoms with van der Waals surface area (Å²) in [5.74, 6) is 0.241. The maximum atomic E-state index is 9.16. The van der Waals surface area contributed by atoms with Crippen LogP contribution in [0.15, 0.2) is 41.0 Å². The average Bonchev–Trinajstić information content (AvgIpc) is 2.20. The Bertz CT molecular complexity index is 482. The van der Waals surface area contributed by atoms with Crippen LogP contribution in [-0.4, -0.2) is 10.1 Å². The highest BCUT2D eigenvalue weighted by molar-refractivity contribution is 9.10. The first kappa shape index (κ1) is 9.98. The van der Waals surface area contributed by atoms with Crippen LogP contribution in [0, 0.1) is 0 Å². The van der Waals surface area contributed by atoms with E-state index in [1.807, 2.05) is 0 Å². The molecule has 0 radical (unpaired) electrons. The van der Waals surface area contributed by atoms with Crippen LogP contribution in [0.25, 0.3) is 11.3 Å². The molecule has 0 atom stereocenters. The molecular weight excluding hydrogens is 256 g/mol. The van der Waals surface area contributed by atoms with E-state index in [0.29, 0.717) is 5.69 Å². The Labute approximate surface area is 95.7 Å². The molecule has 0 amide bonds. The zero-order valence-corrected chi connectivity index (χ0v) is 9.40. The summed E-state index contributed by atoms with van der Waals surface area (Å²) in [5, 5.41) is 9.16. The maximum absolute atomic E-state index is 9.16. The molecule has 1 aromatic carbocycles. The summed E-state index contributed by atoms with van der Waals surface area (Å²) in [6.45, 7) is 0. The van der Waals surface area contributed by atoms with Crippen molar-refractivity contribution in [3.8, 4) is 17.0 Å². The topological polar surface area (TPSA) is 59.1 Å². The summed E-state index contributed by atoms with van der Waals surface area (Å²) in [6, 6.07) is 8.66. The Kier molecular flexibility index (Phi) is 2.60. The third kappa shape index (κ3) is 2.10. The van der Waals surface area contributed by atoms with Crippen molar-refractivity contribution in [2.45, 2.75) is 0 Å². The number of hydrogen-bond donors (Lipinski definition) is 2. The molecule has 2 rings (SSSR count). The van der Waals surface area contributed by atoms with E-state index in [9.17, 15) is 0 Å². The van der Waals surface area contributed by atoms with Gasteiger partial charge in [-0.3, -0.25) is 4.98 Å². The van der Waals surface area contributed by atoms with Gasteiger partial charge in [0.05, 0.1) is 17.6 Å². The van der Waals surface area contributed by atoms with Crippen molar-refractivity contribution in [1.29, 1.82) is 0 Å². The molecule has 0 aliphatic carbocycles. The number of benzene rings is 1. The molecule has 2 aromatic rings. The van der Waals surface area contributed by atoms with E-state index in [-0.39, 0.29) is 5.75 Å². The number of nitrogens with zero attached hydrogens (tertiary/aromatic N) is 1. The van der Waals surface area contributed by atoms with E-state index in [1.54, 1.807) is 36.5 Å². The highest BCUT2D eigenvalue weighted by atomic mass is 79.9. The number of phenolic OH excluding ortho intramolecular Hbond substituents is 1. The van der Waals surface area contributed by atoms with Crippen LogP contribution in [0.3, 0.4) is 0 Å². The lowest BCUT2D eigenvalue weighted by atomic mass is 10.1. The van der Waals surface area contributed by atoms with Crippen molar-refractivity contribution < 1.29 is 5.11 Å². The van der Waals surface area contributed by atoms with Crippen LogP contribution >= 0.6 is 15.9 Å². The molecule has 3 nitrogen and oxygen atoms in total. The molecular formula is C11H9BrN2O. The fourth-order valence-electron chi connectivity index (χ4n) is 1.28. The lowest BCUT2D eigenvalue weighted by Gasteiger charge is -2.04. The minimum atomic E-state index is 0.241. The van der Waals surface area contributed by atoms with E-state index >= 15 is 0 Å². The van der Waals surface area contributed by atoms with Crippen LogP contribution in [0.1, 0.15) is 0 Å². The molecule has 0 saturated heterocycles. The van der Waals surface area contributed by atoms with Gasteiger partial charge in [0.2, 0.25) is 0 Å². The molecule has 0 unspecified atom stereocenters. The molecule has 1 aromatic heterocycles. The van der Waals surface area contributed by atoms with Crippen LogP contribution in [0.5, 0.6) is 5.75 Å². The zero-order chi connectivity index (χ0) is 10.8. The Morgan fingerprint density at radius 2 is 1.87 bits per heavy atom. The van der Waals surface area contributed by atoms with Crippen molar-refractivity contribution in [2.75, 3.05) is 5.73 Å². The number of rotatable bonds is 1. The van der Waals surface area contributed by atoms with E-state index in [0.717, 1.165) is 15.7 Å².